The molecule has 0 radical (unpaired) electrons. The van der Waals surface area contributed by atoms with Crippen molar-refractivity contribution in [2.45, 2.75) is 25.0 Å². The molecule has 3 heteroatoms. The summed E-state index contributed by atoms with van der Waals surface area (Å²) < 4.78 is 0. The summed E-state index contributed by atoms with van der Waals surface area (Å²) in [6.45, 7) is 2.81. The number of aliphatic hydroxyl groups is 1. The van der Waals surface area contributed by atoms with Crippen LogP contribution in [-0.2, 0) is 12.1 Å². The van der Waals surface area contributed by atoms with Crippen molar-refractivity contribution >= 4 is 5.69 Å². The van der Waals surface area contributed by atoms with Crippen molar-refractivity contribution in [2.24, 2.45) is 11.8 Å². The molecule has 2 fully saturated rings. The van der Waals surface area contributed by atoms with Gasteiger partial charge in [0.2, 0.25) is 0 Å². The minimum Gasteiger partial charge on any atom is -0.399 e. The van der Waals surface area contributed by atoms with Crippen molar-refractivity contribution in [1.29, 1.82) is 0 Å². The van der Waals surface area contributed by atoms with E-state index in [0.717, 1.165) is 43.7 Å². The van der Waals surface area contributed by atoms with Crippen LogP contribution in [0.4, 0.5) is 5.69 Å². The van der Waals surface area contributed by atoms with E-state index >= 15 is 0 Å². The molecule has 1 aliphatic heterocycles. The molecule has 1 aliphatic carbocycles. The van der Waals surface area contributed by atoms with Crippen LogP contribution in [0, 0.1) is 11.8 Å². The van der Waals surface area contributed by atoms with Crippen LogP contribution >= 0.6 is 0 Å². The van der Waals surface area contributed by atoms with Crippen molar-refractivity contribution < 1.29 is 5.11 Å². The first-order valence-corrected chi connectivity index (χ1v) is 10.6. The fraction of sp³-hybridized carbons (Fsp3) is 0.308. The van der Waals surface area contributed by atoms with Crippen LogP contribution in [0.3, 0.4) is 0 Å². The summed E-state index contributed by atoms with van der Waals surface area (Å²) in [5.74, 6) is 0.540. The molecule has 3 N–H and O–H groups in total. The number of fused-ring (bicyclic) bond motifs is 2. The van der Waals surface area contributed by atoms with Gasteiger partial charge in [-0.2, -0.15) is 0 Å². The van der Waals surface area contributed by atoms with E-state index in [1.165, 1.54) is 16.7 Å². The van der Waals surface area contributed by atoms with Gasteiger partial charge in [0.05, 0.1) is 5.60 Å². The lowest BCUT2D eigenvalue weighted by Gasteiger charge is -2.45. The fourth-order valence-corrected chi connectivity index (χ4v) is 5.41. The van der Waals surface area contributed by atoms with Crippen molar-refractivity contribution in [2.75, 3.05) is 18.8 Å². The minimum atomic E-state index is -0.733. The topological polar surface area (TPSA) is 49.5 Å². The third-order valence-corrected chi connectivity index (χ3v) is 6.88. The van der Waals surface area contributed by atoms with Crippen LogP contribution in [0.25, 0.3) is 11.1 Å². The largest absolute Gasteiger partial charge is 0.399 e. The normalized spacial score (nSPS) is 26.5. The molecule has 29 heavy (non-hydrogen) atoms. The molecular formula is C26H28N2O. The fourth-order valence-electron chi connectivity index (χ4n) is 5.41. The highest BCUT2D eigenvalue weighted by Crippen LogP contribution is 2.51. The molecule has 5 rings (SSSR count). The highest BCUT2D eigenvalue weighted by Gasteiger charge is 2.53. The molecule has 148 valence electrons. The Bertz CT molecular complexity index is 969. The number of piperidine rings is 1. The summed E-state index contributed by atoms with van der Waals surface area (Å²) in [4.78, 5) is 2.51. The average Bonchev–Trinajstić information content (AvgIpc) is 2.92. The summed E-state index contributed by atoms with van der Waals surface area (Å²) in [5, 5.41) is 11.6. The van der Waals surface area contributed by atoms with E-state index in [1.807, 2.05) is 30.3 Å². The maximum atomic E-state index is 11.6. The molecule has 1 heterocycles. The van der Waals surface area contributed by atoms with Gasteiger partial charge in [-0.05, 0) is 47.2 Å². The number of nitrogens with two attached hydrogens (primary N) is 1. The Morgan fingerprint density at radius 3 is 2.14 bits per heavy atom. The van der Waals surface area contributed by atoms with Gasteiger partial charge in [0, 0.05) is 37.2 Å². The molecule has 3 aromatic rings. The van der Waals surface area contributed by atoms with E-state index in [0.29, 0.717) is 0 Å². The van der Waals surface area contributed by atoms with E-state index in [2.05, 4.69) is 53.4 Å². The average molecular weight is 385 g/mol. The third-order valence-electron chi connectivity index (χ3n) is 6.88. The van der Waals surface area contributed by atoms with E-state index in [-0.39, 0.29) is 11.8 Å². The molecule has 2 unspecified atom stereocenters. The van der Waals surface area contributed by atoms with Crippen molar-refractivity contribution in [3.63, 3.8) is 0 Å². The Kier molecular flexibility index (Phi) is 4.65. The second-order valence-corrected chi connectivity index (χ2v) is 8.68. The number of hydrogen-bond donors (Lipinski definition) is 2. The highest BCUT2D eigenvalue weighted by molar-refractivity contribution is 5.63. The minimum absolute atomic E-state index is 0.270. The second-order valence-electron chi connectivity index (χ2n) is 8.68. The summed E-state index contributed by atoms with van der Waals surface area (Å²) in [5.41, 5.74) is 10.8. The molecule has 2 aliphatic rings. The standard InChI is InChI=1S/C26H28N2O/c27-25-8-4-7-22(15-25)26(29)23-13-14-24(26)18-28(17-23)16-19-9-11-21(12-10-19)20-5-2-1-3-6-20/h1-12,15,23-24,29H,13-14,16-18,27H2. The van der Waals surface area contributed by atoms with E-state index in [1.54, 1.807) is 0 Å². The van der Waals surface area contributed by atoms with Gasteiger partial charge in [0.1, 0.15) is 0 Å². The molecular weight excluding hydrogens is 356 g/mol. The Balaban J connectivity index is 1.30. The Morgan fingerprint density at radius 2 is 1.48 bits per heavy atom. The van der Waals surface area contributed by atoms with Crippen LogP contribution in [0.1, 0.15) is 24.0 Å². The van der Waals surface area contributed by atoms with E-state index in [4.69, 9.17) is 5.73 Å². The van der Waals surface area contributed by atoms with Gasteiger partial charge in [-0.3, -0.25) is 4.90 Å². The monoisotopic (exact) mass is 384 g/mol. The molecule has 0 aromatic heterocycles. The van der Waals surface area contributed by atoms with Gasteiger partial charge in [0.25, 0.3) is 0 Å². The van der Waals surface area contributed by atoms with Gasteiger partial charge in [-0.25, -0.2) is 0 Å². The maximum Gasteiger partial charge on any atom is 0.0977 e. The Hall–Kier alpha value is -2.62. The lowest BCUT2D eigenvalue weighted by molar-refractivity contribution is -0.0914. The zero-order valence-electron chi connectivity index (χ0n) is 16.7. The lowest BCUT2D eigenvalue weighted by Crippen LogP contribution is -2.51. The summed E-state index contributed by atoms with van der Waals surface area (Å²) >= 11 is 0. The summed E-state index contributed by atoms with van der Waals surface area (Å²) in [6, 6.07) is 27.3. The smallest absolute Gasteiger partial charge is 0.0977 e. The SMILES string of the molecule is Nc1cccc(C2(O)C3CCC2CN(Cc2ccc(-c4ccccc4)cc2)C3)c1. The molecule has 3 nitrogen and oxygen atoms in total. The first-order valence-electron chi connectivity index (χ1n) is 10.6. The molecule has 1 saturated carbocycles. The number of hydrogen-bond acceptors (Lipinski definition) is 3. The Morgan fingerprint density at radius 1 is 0.828 bits per heavy atom. The first-order chi connectivity index (χ1) is 14.1. The van der Waals surface area contributed by atoms with Crippen LogP contribution in [-0.4, -0.2) is 23.1 Å². The van der Waals surface area contributed by atoms with E-state index < -0.39 is 5.60 Å². The number of anilines is 1. The molecule has 0 amide bonds. The number of nitrogens with zero attached hydrogens (tertiary/aromatic N) is 1. The van der Waals surface area contributed by atoms with Crippen LogP contribution in [0.5, 0.6) is 0 Å². The number of benzene rings is 3. The van der Waals surface area contributed by atoms with Crippen molar-refractivity contribution in [3.05, 3.63) is 90.0 Å². The maximum absolute atomic E-state index is 11.6. The highest BCUT2D eigenvalue weighted by atomic mass is 16.3. The number of rotatable bonds is 4. The zero-order chi connectivity index (χ0) is 19.8. The van der Waals surface area contributed by atoms with Crippen LogP contribution in [0.15, 0.2) is 78.9 Å². The van der Waals surface area contributed by atoms with Crippen molar-refractivity contribution in [1.82, 2.24) is 4.90 Å². The van der Waals surface area contributed by atoms with Crippen LogP contribution in [0.2, 0.25) is 0 Å². The number of nitrogen functional groups attached to an aromatic ring is 1. The first kappa shape index (κ1) is 18.4. The van der Waals surface area contributed by atoms with Gasteiger partial charge in [0.15, 0.2) is 0 Å². The Labute approximate surface area is 172 Å². The van der Waals surface area contributed by atoms with Crippen LogP contribution < -0.4 is 5.73 Å². The quantitative estimate of drug-likeness (QED) is 0.643. The van der Waals surface area contributed by atoms with E-state index in [9.17, 15) is 5.11 Å². The molecule has 2 atom stereocenters. The predicted molar refractivity (Wildman–Crippen MR) is 118 cm³/mol. The summed E-state index contributed by atoms with van der Waals surface area (Å²) in [7, 11) is 0. The zero-order valence-corrected chi connectivity index (χ0v) is 16.7. The predicted octanol–water partition coefficient (Wildman–Crippen LogP) is 4.67. The lowest BCUT2D eigenvalue weighted by atomic mass is 9.75. The third kappa shape index (κ3) is 3.35. The summed E-state index contributed by atoms with van der Waals surface area (Å²) in [6.07, 6.45) is 2.17. The molecule has 3 aromatic carbocycles. The van der Waals surface area contributed by atoms with Gasteiger partial charge in [-0.1, -0.05) is 66.7 Å². The van der Waals surface area contributed by atoms with Gasteiger partial charge >= 0.3 is 0 Å². The van der Waals surface area contributed by atoms with Gasteiger partial charge in [-0.15, -0.1) is 0 Å². The molecule has 2 bridgehead atoms. The number of likely N-dealkylation sites (tertiary alicyclic amines) is 1. The van der Waals surface area contributed by atoms with Gasteiger partial charge < -0.3 is 10.8 Å². The van der Waals surface area contributed by atoms with Crippen molar-refractivity contribution in [3.8, 4) is 11.1 Å². The second kappa shape index (κ2) is 7.33. The molecule has 0 spiro atoms. The molecule has 1 saturated heterocycles.